The lowest BCUT2D eigenvalue weighted by molar-refractivity contribution is 0.463. The zero-order valence-corrected chi connectivity index (χ0v) is 12.5. The molecule has 1 heterocycles. The number of benzene rings is 1. The molecule has 2 rings (SSSR count). The van der Waals surface area contributed by atoms with E-state index in [1.54, 1.807) is 24.7 Å². The average Bonchev–Trinajstić information content (AvgIpc) is 2.91. The third kappa shape index (κ3) is 3.20. The van der Waals surface area contributed by atoms with Gasteiger partial charge in [-0.05, 0) is 24.1 Å². The van der Waals surface area contributed by atoms with Gasteiger partial charge in [-0.1, -0.05) is 19.1 Å². The molecule has 0 saturated heterocycles. The lowest BCUT2D eigenvalue weighted by Gasteiger charge is -2.16. The van der Waals surface area contributed by atoms with Crippen LogP contribution in [0.5, 0.6) is 0 Å². The van der Waals surface area contributed by atoms with Crippen molar-refractivity contribution in [1.82, 2.24) is 9.29 Å². The number of thiazole rings is 1. The first-order chi connectivity index (χ1) is 9.04. The predicted molar refractivity (Wildman–Crippen MR) is 76.6 cm³/mol. The highest BCUT2D eigenvalue weighted by Crippen LogP contribution is 2.17. The quantitative estimate of drug-likeness (QED) is 0.852. The Kier molecular flexibility index (Phi) is 4.34. The molecule has 102 valence electrons. The standard InChI is InChI=1S/C13H16N2O2S2/c1-3-11-4-6-13(7-5-11)19(16,17)15(2)8-12-9-18-10-14-12/h4-7,9-10H,3,8H2,1-2H3. The summed E-state index contributed by atoms with van der Waals surface area (Å²) < 4.78 is 26.0. The second-order valence-electron chi connectivity index (χ2n) is 4.24. The Morgan fingerprint density at radius 3 is 2.47 bits per heavy atom. The number of aryl methyl sites for hydroxylation is 1. The Hall–Kier alpha value is -1.24. The van der Waals surface area contributed by atoms with Crippen LogP contribution in [-0.2, 0) is 23.0 Å². The van der Waals surface area contributed by atoms with Crippen LogP contribution in [0.2, 0.25) is 0 Å². The Morgan fingerprint density at radius 1 is 1.26 bits per heavy atom. The van der Waals surface area contributed by atoms with E-state index in [-0.39, 0.29) is 0 Å². The molecular weight excluding hydrogens is 280 g/mol. The molecule has 0 aliphatic rings. The fraction of sp³-hybridized carbons (Fsp3) is 0.308. The van der Waals surface area contributed by atoms with Gasteiger partial charge in [0.15, 0.2) is 0 Å². The van der Waals surface area contributed by atoms with Gasteiger partial charge in [0.2, 0.25) is 10.0 Å². The lowest BCUT2D eigenvalue weighted by atomic mass is 10.2. The highest BCUT2D eigenvalue weighted by molar-refractivity contribution is 7.89. The molecule has 6 heteroatoms. The van der Waals surface area contributed by atoms with Crippen LogP contribution in [0.15, 0.2) is 40.1 Å². The largest absolute Gasteiger partial charge is 0.248 e. The number of nitrogens with zero attached hydrogens (tertiary/aromatic N) is 2. The second kappa shape index (κ2) is 5.81. The zero-order valence-electron chi connectivity index (χ0n) is 10.9. The van der Waals surface area contributed by atoms with Crippen molar-refractivity contribution < 1.29 is 8.42 Å². The first kappa shape index (κ1) is 14.2. The van der Waals surface area contributed by atoms with Gasteiger partial charge >= 0.3 is 0 Å². The van der Waals surface area contributed by atoms with E-state index in [1.165, 1.54) is 15.6 Å². The molecule has 1 aromatic heterocycles. The Bertz CT molecular complexity index is 619. The van der Waals surface area contributed by atoms with E-state index in [0.29, 0.717) is 11.4 Å². The molecule has 1 aromatic carbocycles. The molecule has 0 radical (unpaired) electrons. The van der Waals surface area contributed by atoms with Crippen molar-refractivity contribution in [2.75, 3.05) is 7.05 Å². The minimum atomic E-state index is -3.44. The summed E-state index contributed by atoms with van der Waals surface area (Å²) in [6.07, 6.45) is 0.898. The first-order valence-electron chi connectivity index (χ1n) is 5.96. The van der Waals surface area contributed by atoms with Crippen molar-refractivity contribution in [3.8, 4) is 0 Å². The van der Waals surface area contributed by atoms with Crippen molar-refractivity contribution in [2.45, 2.75) is 24.8 Å². The fourth-order valence-electron chi connectivity index (χ4n) is 1.71. The second-order valence-corrected chi connectivity index (χ2v) is 7.00. The van der Waals surface area contributed by atoms with Gasteiger partial charge in [-0.15, -0.1) is 11.3 Å². The average molecular weight is 296 g/mol. The van der Waals surface area contributed by atoms with Crippen molar-refractivity contribution in [2.24, 2.45) is 0 Å². The van der Waals surface area contributed by atoms with Gasteiger partial charge in [0.05, 0.1) is 22.6 Å². The summed E-state index contributed by atoms with van der Waals surface area (Å²) in [7, 11) is -1.87. The van der Waals surface area contributed by atoms with E-state index in [0.717, 1.165) is 17.7 Å². The highest BCUT2D eigenvalue weighted by atomic mass is 32.2. The molecule has 0 aliphatic heterocycles. The normalized spacial score (nSPS) is 11.9. The van der Waals surface area contributed by atoms with Gasteiger partial charge in [-0.2, -0.15) is 4.31 Å². The van der Waals surface area contributed by atoms with Crippen LogP contribution >= 0.6 is 11.3 Å². The lowest BCUT2D eigenvalue weighted by Crippen LogP contribution is -2.26. The van der Waals surface area contributed by atoms with Gasteiger partial charge in [0.1, 0.15) is 0 Å². The molecular formula is C13H16N2O2S2. The van der Waals surface area contributed by atoms with Crippen LogP contribution in [0.3, 0.4) is 0 Å². The van der Waals surface area contributed by atoms with Crippen LogP contribution in [0.25, 0.3) is 0 Å². The van der Waals surface area contributed by atoms with Crippen LogP contribution in [-0.4, -0.2) is 24.8 Å². The molecule has 0 aliphatic carbocycles. The number of rotatable bonds is 5. The SMILES string of the molecule is CCc1ccc(S(=O)(=O)N(C)Cc2cscn2)cc1. The summed E-state index contributed by atoms with van der Waals surface area (Å²) in [5, 5.41) is 1.85. The molecule has 0 bridgehead atoms. The van der Waals surface area contributed by atoms with E-state index in [1.807, 2.05) is 24.4 Å². The summed E-state index contributed by atoms with van der Waals surface area (Å²) in [4.78, 5) is 4.42. The minimum Gasteiger partial charge on any atom is -0.248 e. The molecule has 2 aromatic rings. The Morgan fingerprint density at radius 2 is 1.95 bits per heavy atom. The van der Waals surface area contributed by atoms with Crippen molar-refractivity contribution in [3.63, 3.8) is 0 Å². The molecule has 0 fully saturated rings. The molecule has 0 spiro atoms. The van der Waals surface area contributed by atoms with Gasteiger partial charge < -0.3 is 0 Å². The van der Waals surface area contributed by atoms with Gasteiger partial charge in [-0.3, -0.25) is 0 Å². The minimum absolute atomic E-state index is 0.293. The third-order valence-electron chi connectivity index (χ3n) is 2.91. The maximum absolute atomic E-state index is 12.4. The summed E-state index contributed by atoms with van der Waals surface area (Å²) >= 11 is 1.46. The van der Waals surface area contributed by atoms with E-state index < -0.39 is 10.0 Å². The van der Waals surface area contributed by atoms with E-state index >= 15 is 0 Å². The molecule has 0 saturated carbocycles. The van der Waals surface area contributed by atoms with E-state index in [9.17, 15) is 8.42 Å². The third-order valence-corrected chi connectivity index (χ3v) is 5.36. The van der Waals surface area contributed by atoms with Gasteiger partial charge in [0.25, 0.3) is 0 Å². The van der Waals surface area contributed by atoms with Gasteiger partial charge in [-0.25, -0.2) is 13.4 Å². The smallest absolute Gasteiger partial charge is 0.243 e. The fourth-order valence-corrected chi connectivity index (χ4v) is 3.40. The Labute approximate surface area is 117 Å². The number of hydrogen-bond donors (Lipinski definition) is 0. The topological polar surface area (TPSA) is 50.3 Å². The molecule has 19 heavy (non-hydrogen) atoms. The van der Waals surface area contributed by atoms with Crippen molar-refractivity contribution in [1.29, 1.82) is 0 Å². The molecule has 0 unspecified atom stereocenters. The van der Waals surface area contributed by atoms with Crippen molar-refractivity contribution in [3.05, 3.63) is 46.4 Å². The van der Waals surface area contributed by atoms with Gasteiger partial charge in [0, 0.05) is 12.4 Å². The van der Waals surface area contributed by atoms with Crippen LogP contribution in [0, 0.1) is 0 Å². The molecule has 4 nitrogen and oxygen atoms in total. The maximum atomic E-state index is 12.4. The van der Waals surface area contributed by atoms with Crippen LogP contribution in [0.4, 0.5) is 0 Å². The number of hydrogen-bond acceptors (Lipinski definition) is 4. The predicted octanol–water partition coefficient (Wildman–Crippen LogP) is 2.53. The Balaban J connectivity index is 2.20. The summed E-state index contributed by atoms with van der Waals surface area (Å²) in [6.45, 7) is 2.33. The maximum Gasteiger partial charge on any atom is 0.243 e. The van der Waals surface area contributed by atoms with Crippen LogP contribution in [0.1, 0.15) is 18.2 Å². The van der Waals surface area contributed by atoms with Crippen molar-refractivity contribution >= 4 is 21.4 Å². The number of sulfonamides is 1. The molecule has 0 N–H and O–H groups in total. The molecule has 0 amide bonds. The van der Waals surface area contributed by atoms with Crippen LogP contribution < -0.4 is 0 Å². The summed E-state index contributed by atoms with van der Waals surface area (Å²) in [5.74, 6) is 0. The van der Waals surface area contributed by atoms with E-state index in [4.69, 9.17) is 0 Å². The number of aromatic nitrogens is 1. The monoisotopic (exact) mass is 296 g/mol. The molecule has 0 atom stereocenters. The summed E-state index contributed by atoms with van der Waals surface area (Å²) in [5.41, 5.74) is 3.59. The first-order valence-corrected chi connectivity index (χ1v) is 8.34. The summed E-state index contributed by atoms with van der Waals surface area (Å²) in [6, 6.07) is 7.02. The van der Waals surface area contributed by atoms with E-state index in [2.05, 4.69) is 4.98 Å². The zero-order chi connectivity index (χ0) is 13.9. The highest BCUT2D eigenvalue weighted by Gasteiger charge is 2.21.